The van der Waals surface area contributed by atoms with Crippen LogP contribution in [0, 0.1) is 0 Å². The molecule has 0 unspecified atom stereocenters. The Bertz CT molecular complexity index is 2730. The van der Waals surface area contributed by atoms with Gasteiger partial charge in [0, 0.05) is 38.0 Å². The fraction of sp³-hybridized carbons (Fsp3) is 0. The van der Waals surface area contributed by atoms with Crippen molar-refractivity contribution in [1.82, 2.24) is 4.98 Å². The molecular formula is C45H28N2S. The first kappa shape index (κ1) is 27.1. The van der Waals surface area contributed by atoms with E-state index in [0.29, 0.717) is 0 Å². The molecule has 0 bridgehead atoms. The third-order valence-corrected chi connectivity index (χ3v) is 10.9. The Kier molecular flexibility index (Phi) is 6.08. The average molecular weight is 629 g/mol. The number of pyridine rings is 1. The van der Waals surface area contributed by atoms with Gasteiger partial charge in [-0.3, -0.25) is 4.98 Å². The molecule has 0 fully saturated rings. The number of thiophene rings is 1. The van der Waals surface area contributed by atoms with Crippen LogP contribution in [-0.4, -0.2) is 4.98 Å². The van der Waals surface area contributed by atoms with Crippen molar-refractivity contribution < 1.29 is 0 Å². The van der Waals surface area contributed by atoms with Crippen LogP contribution in [0.15, 0.2) is 170 Å². The van der Waals surface area contributed by atoms with Crippen LogP contribution >= 0.6 is 11.3 Å². The molecule has 2 aromatic heterocycles. The molecular weight excluding hydrogens is 601 g/mol. The second kappa shape index (κ2) is 10.8. The number of hydrogen-bond acceptors (Lipinski definition) is 3. The molecule has 0 aliphatic carbocycles. The first-order valence-corrected chi connectivity index (χ1v) is 17.1. The molecule has 0 saturated heterocycles. The predicted molar refractivity (Wildman–Crippen MR) is 207 cm³/mol. The van der Waals surface area contributed by atoms with E-state index in [1.54, 1.807) is 0 Å². The molecule has 0 saturated carbocycles. The first-order valence-electron chi connectivity index (χ1n) is 16.3. The van der Waals surface area contributed by atoms with Gasteiger partial charge in [0.2, 0.25) is 0 Å². The van der Waals surface area contributed by atoms with Gasteiger partial charge in [-0.25, -0.2) is 0 Å². The largest absolute Gasteiger partial charge is 0.308 e. The van der Waals surface area contributed by atoms with Gasteiger partial charge in [0.25, 0.3) is 0 Å². The van der Waals surface area contributed by atoms with E-state index in [-0.39, 0.29) is 0 Å². The van der Waals surface area contributed by atoms with Crippen molar-refractivity contribution >= 4 is 91.7 Å². The SMILES string of the molecule is c1ccc(-c2cccc3c2sc2c(N(c4cc5ccccc5c5ccccc45)c4cc5ccccc5c5ccccc45)cccc23)nc1. The van der Waals surface area contributed by atoms with Crippen molar-refractivity contribution in [2.45, 2.75) is 0 Å². The summed E-state index contributed by atoms with van der Waals surface area (Å²) in [5.41, 5.74) is 5.66. The maximum Gasteiger partial charge on any atom is 0.0716 e. The van der Waals surface area contributed by atoms with Crippen LogP contribution in [0.4, 0.5) is 17.1 Å². The highest BCUT2D eigenvalue weighted by Gasteiger charge is 2.24. The number of hydrogen-bond donors (Lipinski definition) is 0. The molecule has 10 aromatic rings. The summed E-state index contributed by atoms with van der Waals surface area (Å²) in [6, 6.07) is 59.5. The molecule has 48 heavy (non-hydrogen) atoms. The number of fused-ring (bicyclic) bond motifs is 9. The number of aromatic nitrogens is 1. The van der Waals surface area contributed by atoms with E-state index in [1.165, 1.54) is 85.9 Å². The molecule has 3 heteroatoms. The maximum atomic E-state index is 4.74. The summed E-state index contributed by atoms with van der Waals surface area (Å²) in [5.74, 6) is 0. The highest BCUT2D eigenvalue weighted by atomic mass is 32.1. The molecule has 2 nitrogen and oxygen atoms in total. The van der Waals surface area contributed by atoms with Crippen LogP contribution in [0.3, 0.4) is 0 Å². The Hall–Kier alpha value is -6.03. The predicted octanol–water partition coefficient (Wildman–Crippen LogP) is 13.2. The summed E-state index contributed by atoms with van der Waals surface area (Å²) in [5, 5.41) is 12.4. The summed E-state index contributed by atoms with van der Waals surface area (Å²) in [4.78, 5) is 7.27. The Balaban J connectivity index is 1.37. The van der Waals surface area contributed by atoms with Gasteiger partial charge < -0.3 is 4.90 Å². The standard InChI is InChI=1S/C45H28N2S/c1-3-15-31-29(13-1)27-42(35-19-7-5-17-33(31)35)47(43-28-30-14-2-4-16-32(30)34-18-6-8-20-36(34)43)41-25-12-22-38-37-21-11-23-39(44(37)48-45(38)41)40-24-9-10-26-46-40/h1-28H. The number of nitrogens with zero attached hydrogens (tertiary/aromatic N) is 2. The number of anilines is 3. The lowest BCUT2D eigenvalue weighted by Crippen LogP contribution is -2.11. The molecule has 10 rings (SSSR count). The van der Waals surface area contributed by atoms with E-state index in [4.69, 9.17) is 4.98 Å². The van der Waals surface area contributed by atoms with Gasteiger partial charge in [-0.2, -0.15) is 0 Å². The lowest BCUT2D eigenvalue weighted by Gasteiger charge is -2.29. The minimum atomic E-state index is 0.995. The quantitative estimate of drug-likeness (QED) is 0.180. The zero-order valence-electron chi connectivity index (χ0n) is 26.0. The summed E-state index contributed by atoms with van der Waals surface area (Å²) in [6.45, 7) is 0. The van der Waals surface area contributed by atoms with Crippen LogP contribution in [0.5, 0.6) is 0 Å². The first-order chi connectivity index (χ1) is 23.8. The van der Waals surface area contributed by atoms with E-state index in [1.807, 2.05) is 23.6 Å². The molecule has 0 aliphatic heterocycles. The normalized spacial score (nSPS) is 11.8. The molecule has 2 heterocycles. The van der Waals surface area contributed by atoms with Crippen LogP contribution in [0.1, 0.15) is 0 Å². The van der Waals surface area contributed by atoms with Gasteiger partial charge >= 0.3 is 0 Å². The van der Waals surface area contributed by atoms with E-state index >= 15 is 0 Å². The summed E-state index contributed by atoms with van der Waals surface area (Å²) in [6.07, 6.45) is 1.88. The second-order valence-electron chi connectivity index (χ2n) is 12.3. The van der Waals surface area contributed by atoms with Crippen molar-refractivity contribution in [2.75, 3.05) is 4.90 Å². The lowest BCUT2D eigenvalue weighted by atomic mass is 9.96. The number of benzene rings is 8. The maximum absolute atomic E-state index is 4.74. The molecule has 0 aliphatic rings. The zero-order chi connectivity index (χ0) is 31.6. The Labute approximate surface area is 281 Å². The fourth-order valence-corrected chi connectivity index (χ4v) is 8.86. The van der Waals surface area contributed by atoms with E-state index in [0.717, 1.165) is 5.69 Å². The van der Waals surface area contributed by atoms with Crippen molar-refractivity contribution in [3.63, 3.8) is 0 Å². The molecule has 0 amide bonds. The van der Waals surface area contributed by atoms with Crippen LogP contribution in [-0.2, 0) is 0 Å². The Morgan fingerprint density at radius 2 is 0.875 bits per heavy atom. The van der Waals surface area contributed by atoms with E-state index in [9.17, 15) is 0 Å². The van der Waals surface area contributed by atoms with Gasteiger partial charge in [-0.15, -0.1) is 11.3 Å². The zero-order valence-corrected chi connectivity index (χ0v) is 26.8. The minimum absolute atomic E-state index is 0.995. The molecule has 0 radical (unpaired) electrons. The molecule has 0 N–H and O–H groups in total. The Morgan fingerprint density at radius 3 is 1.48 bits per heavy atom. The van der Waals surface area contributed by atoms with Crippen molar-refractivity contribution in [2.24, 2.45) is 0 Å². The van der Waals surface area contributed by atoms with Gasteiger partial charge in [0.15, 0.2) is 0 Å². The highest BCUT2D eigenvalue weighted by molar-refractivity contribution is 7.27. The van der Waals surface area contributed by atoms with Gasteiger partial charge in [-0.05, 0) is 62.6 Å². The highest BCUT2D eigenvalue weighted by Crippen LogP contribution is 2.50. The third-order valence-electron chi connectivity index (χ3n) is 9.66. The monoisotopic (exact) mass is 628 g/mol. The minimum Gasteiger partial charge on any atom is -0.308 e. The number of rotatable bonds is 4. The van der Waals surface area contributed by atoms with E-state index < -0.39 is 0 Å². The average Bonchev–Trinajstić information content (AvgIpc) is 3.55. The van der Waals surface area contributed by atoms with Gasteiger partial charge in [0.1, 0.15) is 0 Å². The van der Waals surface area contributed by atoms with E-state index in [2.05, 4.69) is 163 Å². The van der Waals surface area contributed by atoms with Crippen LogP contribution < -0.4 is 4.90 Å². The van der Waals surface area contributed by atoms with Gasteiger partial charge in [-0.1, -0.05) is 133 Å². The van der Waals surface area contributed by atoms with Crippen molar-refractivity contribution in [1.29, 1.82) is 0 Å². The summed E-state index contributed by atoms with van der Waals surface area (Å²) >= 11 is 1.86. The fourth-order valence-electron chi connectivity index (χ4n) is 7.53. The third kappa shape index (κ3) is 4.08. The van der Waals surface area contributed by atoms with Crippen molar-refractivity contribution in [3.05, 3.63) is 170 Å². The van der Waals surface area contributed by atoms with Crippen molar-refractivity contribution in [3.8, 4) is 11.3 Å². The summed E-state index contributed by atoms with van der Waals surface area (Å²) < 4.78 is 2.51. The summed E-state index contributed by atoms with van der Waals surface area (Å²) in [7, 11) is 0. The topological polar surface area (TPSA) is 16.1 Å². The molecule has 0 spiro atoms. The smallest absolute Gasteiger partial charge is 0.0716 e. The van der Waals surface area contributed by atoms with Crippen LogP contribution in [0.2, 0.25) is 0 Å². The second-order valence-corrected chi connectivity index (χ2v) is 13.3. The Morgan fingerprint density at radius 1 is 0.375 bits per heavy atom. The van der Waals surface area contributed by atoms with Crippen LogP contribution in [0.25, 0.3) is 74.5 Å². The van der Waals surface area contributed by atoms with Gasteiger partial charge in [0.05, 0.1) is 27.5 Å². The lowest BCUT2D eigenvalue weighted by molar-refractivity contribution is 1.33. The molecule has 8 aromatic carbocycles. The molecule has 224 valence electrons. The molecule has 0 atom stereocenters.